The molecule has 0 amide bonds. The Balaban J connectivity index is 1.77. The third-order valence-electron chi connectivity index (χ3n) is 6.54. The van der Waals surface area contributed by atoms with Gasteiger partial charge in [-0.3, -0.25) is 0 Å². The quantitative estimate of drug-likeness (QED) is 0.547. The molecule has 0 N–H and O–H groups in total. The van der Waals surface area contributed by atoms with E-state index in [2.05, 4.69) is 83.1 Å². The van der Waals surface area contributed by atoms with E-state index >= 15 is 0 Å². The van der Waals surface area contributed by atoms with E-state index in [1.807, 2.05) is 0 Å². The number of benzene rings is 2. The molecule has 0 saturated heterocycles. The van der Waals surface area contributed by atoms with E-state index in [1.54, 1.807) is 21.5 Å². The highest BCUT2D eigenvalue weighted by Crippen LogP contribution is 2.35. The zero-order chi connectivity index (χ0) is 19.4. The Hall–Kier alpha value is -1.86. The summed E-state index contributed by atoms with van der Waals surface area (Å²) in [7, 11) is -0.419. The Morgan fingerprint density at radius 2 is 1.52 bits per heavy atom. The first-order valence-corrected chi connectivity index (χ1v) is 11.9. The van der Waals surface area contributed by atoms with Crippen LogP contribution in [0, 0.1) is 5.92 Å². The normalized spacial score (nSPS) is 17.6. The van der Waals surface area contributed by atoms with Gasteiger partial charge in [0, 0.05) is 0 Å². The fourth-order valence-electron chi connectivity index (χ4n) is 4.27. The molecule has 0 saturated carbocycles. The van der Waals surface area contributed by atoms with Crippen LogP contribution >= 0.6 is 0 Å². The first-order chi connectivity index (χ1) is 13.0. The van der Waals surface area contributed by atoms with Crippen molar-refractivity contribution in [3.63, 3.8) is 0 Å². The summed E-state index contributed by atoms with van der Waals surface area (Å²) in [6.45, 7) is 11.6. The standard InChI is InChI=1S/C26H34Si/c1-6-7-10-22-13-15-23(16-14-22)17-24-11-8-9-12-25(24)27-26-20(4)18(2)19(3)21(26)5/h8-9,11-16,20H,6-7,10,17,27H2,1-5H3. The number of hydrogen-bond acceptors (Lipinski definition) is 0. The first kappa shape index (κ1) is 19.9. The van der Waals surface area contributed by atoms with Crippen LogP contribution in [0.5, 0.6) is 0 Å². The molecule has 0 nitrogen and oxygen atoms in total. The second-order valence-corrected chi connectivity index (χ2v) is 10.1. The Bertz CT molecular complexity index is 852. The molecular formula is C26H34Si. The van der Waals surface area contributed by atoms with Crippen LogP contribution in [-0.4, -0.2) is 9.52 Å². The molecule has 1 atom stereocenters. The average molecular weight is 375 g/mol. The van der Waals surface area contributed by atoms with E-state index < -0.39 is 9.52 Å². The zero-order valence-electron chi connectivity index (χ0n) is 17.7. The lowest BCUT2D eigenvalue weighted by molar-refractivity contribution is 0.795. The predicted octanol–water partition coefficient (Wildman–Crippen LogP) is 5.67. The fourth-order valence-corrected chi connectivity index (χ4v) is 6.54. The molecule has 1 unspecified atom stereocenters. The van der Waals surface area contributed by atoms with Crippen molar-refractivity contribution < 1.29 is 0 Å². The molecule has 0 radical (unpaired) electrons. The van der Waals surface area contributed by atoms with Gasteiger partial charge in [0.25, 0.3) is 0 Å². The molecule has 1 aliphatic rings. The monoisotopic (exact) mass is 374 g/mol. The molecule has 0 heterocycles. The minimum atomic E-state index is -0.419. The Labute approximate surface area is 168 Å². The van der Waals surface area contributed by atoms with E-state index in [9.17, 15) is 0 Å². The molecule has 2 aromatic rings. The molecule has 0 bridgehead atoms. The second-order valence-electron chi connectivity index (χ2n) is 8.22. The van der Waals surface area contributed by atoms with Gasteiger partial charge >= 0.3 is 0 Å². The number of aryl methyl sites for hydroxylation is 1. The molecule has 1 aliphatic carbocycles. The summed E-state index contributed by atoms with van der Waals surface area (Å²) in [4.78, 5) is 0. The third-order valence-corrected chi connectivity index (χ3v) is 9.14. The molecule has 0 fully saturated rings. The second kappa shape index (κ2) is 8.88. The minimum Gasteiger partial charge on any atom is -0.0728 e. The first-order valence-electron chi connectivity index (χ1n) is 10.5. The van der Waals surface area contributed by atoms with Crippen LogP contribution in [0.3, 0.4) is 0 Å². The van der Waals surface area contributed by atoms with Crippen LogP contribution in [0.25, 0.3) is 0 Å². The van der Waals surface area contributed by atoms with Crippen LogP contribution in [0.15, 0.2) is 70.4 Å². The van der Waals surface area contributed by atoms with Crippen molar-refractivity contribution in [1.82, 2.24) is 0 Å². The van der Waals surface area contributed by atoms with Gasteiger partial charge in [-0.2, -0.15) is 0 Å². The van der Waals surface area contributed by atoms with Gasteiger partial charge in [-0.1, -0.05) is 90.3 Å². The molecule has 0 aromatic heterocycles. The molecular weight excluding hydrogens is 340 g/mol. The Kier molecular flexibility index (Phi) is 6.54. The van der Waals surface area contributed by atoms with Gasteiger partial charge in [0.2, 0.25) is 0 Å². The highest BCUT2D eigenvalue weighted by molar-refractivity contribution is 6.62. The van der Waals surface area contributed by atoms with Crippen molar-refractivity contribution in [2.45, 2.75) is 60.3 Å². The van der Waals surface area contributed by atoms with Gasteiger partial charge < -0.3 is 0 Å². The van der Waals surface area contributed by atoms with Crippen molar-refractivity contribution in [3.05, 3.63) is 87.1 Å². The molecule has 1 heteroatoms. The molecule has 0 aliphatic heterocycles. The Morgan fingerprint density at radius 1 is 0.852 bits per heavy atom. The molecule has 3 rings (SSSR count). The van der Waals surface area contributed by atoms with E-state index in [4.69, 9.17) is 0 Å². The summed E-state index contributed by atoms with van der Waals surface area (Å²) in [6, 6.07) is 18.5. The molecule has 2 aromatic carbocycles. The molecule has 27 heavy (non-hydrogen) atoms. The summed E-state index contributed by atoms with van der Waals surface area (Å²) in [5.74, 6) is 0.641. The highest BCUT2D eigenvalue weighted by Gasteiger charge is 2.24. The smallest absolute Gasteiger partial charge is 0.0728 e. The van der Waals surface area contributed by atoms with Gasteiger partial charge in [-0.05, 0) is 68.2 Å². The summed E-state index contributed by atoms with van der Waals surface area (Å²) in [5, 5.41) is 3.36. The van der Waals surface area contributed by atoms with E-state index in [0.717, 1.165) is 6.42 Å². The van der Waals surface area contributed by atoms with Crippen LogP contribution in [0.2, 0.25) is 0 Å². The van der Waals surface area contributed by atoms with Gasteiger partial charge in [0.1, 0.15) is 0 Å². The minimum absolute atomic E-state index is 0.419. The van der Waals surface area contributed by atoms with Crippen molar-refractivity contribution in [3.8, 4) is 0 Å². The third kappa shape index (κ3) is 4.52. The number of allylic oxidation sites excluding steroid dienone is 4. The average Bonchev–Trinajstić information content (AvgIpc) is 2.87. The number of rotatable bonds is 7. The van der Waals surface area contributed by atoms with E-state index in [-0.39, 0.29) is 0 Å². The van der Waals surface area contributed by atoms with Crippen molar-refractivity contribution in [2.24, 2.45) is 5.92 Å². The topological polar surface area (TPSA) is 0 Å². The SMILES string of the molecule is CCCCc1ccc(Cc2ccccc2[SiH2]C2=C(C)C(C)=C(C)C2C)cc1. The molecule has 0 spiro atoms. The van der Waals surface area contributed by atoms with Crippen molar-refractivity contribution in [2.75, 3.05) is 0 Å². The van der Waals surface area contributed by atoms with Gasteiger partial charge in [-0.25, -0.2) is 0 Å². The van der Waals surface area contributed by atoms with E-state index in [1.165, 1.54) is 41.5 Å². The number of hydrogen-bond donors (Lipinski definition) is 0. The van der Waals surface area contributed by atoms with Crippen molar-refractivity contribution in [1.29, 1.82) is 0 Å². The largest absolute Gasteiger partial charge is 0.0839 e. The maximum Gasteiger partial charge on any atom is 0.0839 e. The number of unbranched alkanes of at least 4 members (excludes halogenated alkanes) is 1. The van der Waals surface area contributed by atoms with Crippen LogP contribution < -0.4 is 5.19 Å². The molecule has 142 valence electrons. The zero-order valence-corrected chi connectivity index (χ0v) is 19.1. The summed E-state index contributed by atoms with van der Waals surface area (Å²) >= 11 is 0. The van der Waals surface area contributed by atoms with Gasteiger partial charge in [0.15, 0.2) is 0 Å². The van der Waals surface area contributed by atoms with Crippen LogP contribution in [-0.2, 0) is 12.8 Å². The Morgan fingerprint density at radius 3 is 2.15 bits per heavy atom. The lowest BCUT2D eigenvalue weighted by Gasteiger charge is -2.15. The predicted molar refractivity (Wildman–Crippen MR) is 123 cm³/mol. The summed E-state index contributed by atoms with van der Waals surface area (Å²) < 4.78 is 0. The van der Waals surface area contributed by atoms with Crippen LogP contribution in [0.1, 0.15) is 64.2 Å². The highest BCUT2D eigenvalue weighted by atomic mass is 28.2. The van der Waals surface area contributed by atoms with Gasteiger partial charge in [-0.15, -0.1) is 0 Å². The fraction of sp³-hybridized carbons (Fsp3) is 0.385. The van der Waals surface area contributed by atoms with E-state index in [0.29, 0.717) is 5.92 Å². The summed E-state index contributed by atoms with van der Waals surface area (Å²) in [5.41, 5.74) is 9.12. The lowest BCUT2D eigenvalue weighted by atomic mass is 10.0. The maximum atomic E-state index is 2.40. The summed E-state index contributed by atoms with van der Waals surface area (Å²) in [6.07, 6.45) is 4.81. The van der Waals surface area contributed by atoms with Gasteiger partial charge in [0.05, 0.1) is 9.52 Å². The lowest BCUT2D eigenvalue weighted by Crippen LogP contribution is -2.24. The van der Waals surface area contributed by atoms with Crippen molar-refractivity contribution >= 4 is 14.7 Å². The maximum absolute atomic E-state index is 2.40. The van der Waals surface area contributed by atoms with Crippen LogP contribution in [0.4, 0.5) is 0 Å².